The van der Waals surface area contributed by atoms with Crippen molar-refractivity contribution in [3.63, 3.8) is 0 Å². The van der Waals surface area contributed by atoms with Gasteiger partial charge in [-0.15, -0.1) is 0 Å². The van der Waals surface area contributed by atoms with E-state index in [1.54, 1.807) is 23.7 Å². The monoisotopic (exact) mass is 287 g/mol. The summed E-state index contributed by atoms with van der Waals surface area (Å²) < 4.78 is 0. The van der Waals surface area contributed by atoms with E-state index >= 15 is 0 Å². The van der Waals surface area contributed by atoms with Crippen molar-refractivity contribution in [1.29, 1.82) is 0 Å². The lowest BCUT2D eigenvalue weighted by Gasteiger charge is -2.19. The Labute approximate surface area is 122 Å². The summed E-state index contributed by atoms with van der Waals surface area (Å²) in [5, 5.41) is 0.963. The highest BCUT2D eigenvalue weighted by Gasteiger charge is 2.23. The highest BCUT2D eigenvalue weighted by molar-refractivity contribution is 7.17. The van der Waals surface area contributed by atoms with Crippen LogP contribution < -0.4 is 4.90 Å². The number of nitrogens with zero attached hydrogens (tertiary/aromatic N) is 3. The van der Waals surface area contributed by atoms with Crippen LogP contribution in [0.1, 0.15) is 40.7 Å². The molecular formula is C15H17N3OS. The average molecular weight is 287 g/mol. The Bertz CT molecular complexity index is 609. The number of anilines is 1. The van der Waals surface area contributed by atoms with Crippen molar-refractivity contribution >= 4 is 22.3 Å². The highest BCUT2D eigenvalue weighted by atomic mass is 32.1. The van der Waals surface area contributed by atoms with Crippen LogP contribution in [0.2, 0.25) is 0 Å². The summed E-state index contributed by atoms with van der Waals surface area (Å²) in [7, 11) is 0. The van der Waals surface area contributed by atoms with Gasteiger partial charge in [-0.25, -0.2) is 4.98 Å². The molecule has 2 heterocycles. The molecule has 0 fully saturated rings. The molecule has 0 aliphatic heterocycles. The lowest BCUT2D eigenvalue weighted by atomic mass is 10.0. The number of Topliss-reactive ketones (excluding diaryl/α,β-unsaturated/α-hetero) is 1. The summed E-state index contributed by atoms with van der Waals surface area (Å²) in [4.78, 5) is 23.7. The topological polar surface area (TPSA) is 46.1 Å². The van der Waals surface area contributed by atoms with Crippen molar-refractivity contribution in [2.75, 3.05) is 11.4 Å². The average Bonchev–Trinajstić information content (AvgIpc) is 2.91. The van der Waals surface area contributed by atoms with Gasteiger partial charge in [0.2, 0.25) is 0 Å². The van der Waals surface area contributed by atoms with Gasteiger partial charge in [0.25, 0.3) is 0 Å². The summed E-state index contributed by atoms with van der Waals surface area (Å²) in [6, 6.07) is 4.03. The Kier molecular flexibility index (Phi) is 3.78. The van der Waals surface area contributed by atoms with Crippen LogP contribution in [-0.2, 0) is 13.0 Å². The SMILES string of the molecule is CCN(Cc1ccncc1)c1nc2c(s1)C(=O)CCC2. The van der Waals surface area contributed by atoms with Gasteiger partial charge >= 0.3 is 0 Å². The molecule has 0 radical (unpaired) electrons. The maximum Gasteiger partial charge on any atom is 0.186 e. The van der Waals surface area contributed by atoms with Crippen LogP contribution >= 0.6 is 11.3 Å². The normalized spacial score (nSPS) is 14.2. The molecule has 2 aromatic rings. The smallest absolute Gasteiger partial charge is 0.186 e. The number of hydrogen-bond donors (Lipinski definition) is 0. The molecule has 1 aliphatic rings. The molecule has 0 amide bonds. The second-order valence-electron chi connectivity index (χ2n) is 4.92. The lowest BCUT2D eigenvalue weighted by Crippen LogP contribution is -2.21. The number of thiazole rings is 1. The van der Waals surface area contributed by atoms with Crippen LogP contribution in [0.15, 0.2) is 24.5 Å². The number of carbonyl (C=O) groups excluding carboxylic acids is 1. The molecule has 2 aromatic heterocycles. The molecule has 0 unspecified atom stereocenters. The van der Waals surface area contributed by atoms with Crippen LogP contribution in [0.3, 0.4) is 0 Å². The summed E-state index contributed by atoms with van der Waals surface area (Å²) in [6.45, 7) is 3.80. The molecule has 0 saturated heterocycles. The van der Waals surface area contributed by atoms with Crippen LogP contribution in [0.5, 0.6) is 0 Å². The Morgan fingerprint density at radius 3 is 2.80 bits per heavy atom. The van der Waals surface area contributed by atoms with Crippen molar-refractivity contribution in [2.24, 2.45) is 0 Å². The summed E-state index contributed by atoms with van der Waals surface area (Å²) in [5.74, 6) is 0.259. The van der Waals surface area contributed by atoms with E-state index < -0.39 is 0 Å². The molecule has 20 heavy (non-hydrogen) atoms. The van der Waals surface area contributed by atoms with E-state index in [-0.39, 0.29) is 5.78 Å². The van der Waals surface area contributed by atoms with E-state index in [9.17, 15) is 4.79 Å². The minimum absolute atomic E-state index is 0.259. The zero-order valence-electron chi connectivity index (χ0n) is 11.5. The molecule has 0 N–H and O–H groups in total. The fourth-order valence-electron chi connectivity index (χ4n) is 2.41. The van der Waals surface area contributed by atoms with E-state index in [0.717, 1.165) is 41.6 Å². The molecule has 4 nitrogen and oxygen atoms in total. The molecule has 0 bridgehead atoms. The molecule has 0 saturated carbocycles. The molecular weight excluding hydrogens is 270 g/mol. The summed E-state index contributed by atoms with van der Waals surface area (Å²) in [6.07, 6.45) is 6.15. The number of fused-ring (bicyclic) bond motifs is 1. The van der Waals surface area contributed by atoms with E-state index in [0.29, 0.717) is 6.42 Å². The van der Waals surface area contributed by atoms with E-state index in [4.69, 9.17) is 0 Å². The zero-order valence-corrected chi connectivity index (χ0v) is 12.3. The van der Waals surface area contributed by atoms with Gasteiger partial charge in [0.15, 0.2) is 10.9 Å². The molecule has 5 heteroatoms. The van der Waals surface area contributed by atoms with Gasteiger partial charge in [-0.05, 0) is 37.5 Å². The molecule has 3 rings (SSSR count). The predicted octanol–water partition coefficient (Wildman–Crippen LogP) is 3.08. The van der Waals surface area contributed by atoms with Gasteiger partial charge in [0.1, 0.15) is 0 Å². The quantitative estimate of drug-likeness (QED) is 0.867. The number of rotatable bonds is 4. The minimum Gasteiger partial charge on any atom is -0.344 e. The minimum atomic E-state index is 0.259. The fraction of sp³-hybridized carbons (Fsp3) is 0.400. The second-order valence-corrected chi connectivity index (χ2v) is 5.90. The van der Waals surface area contributed by atoms with Crippen molar-refractivity contribution in [1.82, 2.24) is 9.97 Å². The van der Waals surface area contributed by atoms with Gasteiger partial charge in [-0.2, -0.15) is 0 Å². The van der Waals surface area contributed by atoms with Gasteiger partial charge < -0.3 is 4.90 Å². The first kappa shape index (κ1) is 13.2. The Morgan fingerprint density at radius 2 is 2.10 bits per heavy atom. The van der Waals surface area contributed by atoms with Gasteiger partial charge in [0.05, 0.1) is 10.6 Å². The number of pyridine rings is 1. The van der Waals surface area contributed by atoms with E-state index in [1.807, 2.05) is 12.1 Å². The van der Waals surface area contributed by atoms with Crippen molar-refractivity contribution in [2.45, 2.75) is 32.7 Å². The van der Waals surface area contributed by atoms with Crippen LogP contribution in [0, 0.1) is 0 Å². The molecule has 0 spiro atoms. The second kappa shape index (κ2) is 5.71. The third-order valence-electron chi connectivity index (χ3n) is 3.53. The third-order valence-corrected chi connectivity index (χ3v) is 4.73. The molecule has 0 aromatic carbocycles. The van der Waals surface area contributed by atoms with Crippen LogP contribution in [0.25, 0.3) is 0 Å². The van der Waals surface area contributed by atoms with Crippen molar-refractivity contribution in [3.8, 4) is 0 Å². The number of ketones is 1. The molecule has 104 valence electrons. The van der Waals surface area contributed by atoms with Gasteiger partial charge in [-0.3, -0.25) is 9.78 Å². The predicted molar refractivity (Wildman–Crippen MR) is 80.3 cm³/mol. The summed E-state index contributed by atoms with van der Waals surface area (Å²) in [5.41, 5.74) is 2.20. The first-order chi connectivity index (χ1) is 9.78. The maximum absolute atomic E-state index is 11.9. The van der Waals surface area contributed by atoms with Crippen LogP contribution in [-0.4, -0.2) is 22.3 Å². The first-order valence-electron chi connectivity index (χ1n) is 6.94. The zero-order chi connectivity index (χ0) is 13.9. The number of hydrogen-bond acceptors (Lipinski definition) is 5. The Morgan fingerprint density at radius 1 is 1.30 bits per heavy atom. The first-order valence-corrected chi connectivity index (χ1v) is 7.76. The molecule has 0 atom stereocenters. The molecule has 1 aliphatic carbocycles. The van der Waals surface area contributed by atoms with E-state index in [1.165, 1.54) is 5.56 Å². The largest absolute Gasteiger partial charge is 0.344 e. The highest BCUT2D eigenvalue weighted by Crippen LogP contribution is 2.32. The number of aromatic nitrogens is 2. The van der Waals surface area contributed by atoms with Crippen molar-refractivity contribution in [3.05, 3.63) is 40.7 Å². The van der Waals surface area contributed by atoms with Crippen LogP contribution in [0.4, 0.5) is 5.13 Å². The lowest BCUT2D eigenvalue weighted by molar-refractivity contribution is 0.0976. The van der Waals surface area contributed by atoms with Crippen molar-refractivity contribution < 1.29 is 4.79 Å². The van der Waals surface area contributed by atoms with E-state index in [2.05, 4.69) is 21.8 Å². The number of carbonyl (C=O) groups is 1. The van der Waals surface area contributed by atoms with Gasteiger partial charge in [-0.1, -0.05) is 11.3 Å². The summed E-state index contributed by atoms with van der Waals surface area (Å²) >= 11 is 1.55. The van der Waals surface area contributed by atoms with Gasteiger partial charge in [0, 0.05) is 31.9 Å². The standard InChI is InChI=1S/C15H17N3OS/c1-2-18(10-11-6-8-16-9-7-11)15-17-12-4-3-5-13(19)14(12)20-15/h6-9H,2-5,10H2,1H3. The Hall–Kier alpha value is -1.75. The third kappa shape index (κ3) is 2.58. The fourth-order valence-corrected chi connectivity index (χ4v) is 3.56. The maximum atomic E-state index is 11.9. The number of aryl methyl sites for hydroxylation is 1. The Balaban J connectivity index is 1.85.